The molecule has 2 fully saturated rings. The van der Waals surface area contributed by atoms with Crippen molar-refractivity contribution in [2.45, 2.75) is 43.9 Å². The summed E-state index contributed by atoms with van der Waals surface area (Å²) in [5, 5.41) is 4.23. The Morgan fingerprint density at radius 3 is 2.40 bits per heavy atom. The first-order chi connectivity index (χ1) is 17.3. The van der Waals surface area contributed by atoms with Crippen LogP contribution in [0.5, 0.6) is 5.75 Å². The number of rotatable bonds is 6. The predicted octanol–water partition coefficient (Wildman–Crippen LogP) is 5.77. The van der Waals surface area contributed by atoms with Crippen LogP contribution in [-0.2, 0) is 0 Å². The molecule has 4 heterocycles. The second-order valence-corrected chi connectivity index (χ2v) is 9.41. The fourth-order valence-corrected chi connectivity index (χ4v) is 5.54. The lowest BCUT2D eigenvalue weighted by molar-refractivity contribution is 0.210. The van der Waals surface area contributed by atoms with Gasteiger partial charge in [0.25, 0.3) is 0 Å². The summed E-state index contributed by atoms with van der Waals surface area (Å²) in [6.07, 6.45) is 12.7. The van der Waals surface area contributed by atoms with Crippen LogP contribution >= 0.6 is 12.2 Å². The Bertz CT molecular complexity index is 1290. The molecule has 35 heavy (non-hydrogen) atoms. The van der Waals surface area contributed by atoms with Crippen molar-refractivity contribution in [2.24, 2.45) is 0 Å². The van der Waals surface area contributed by atoms with Crippen molar-refractivity contribution in [1.82, 2.24) is 19.9 Å². The van der Waals surface area contributed by atoms with Gasteiger partial charge in [0.1, 0.15) is 11.8 Å². The zero-order valence-corrected chi connectivity index (χ0v) is 20.1. The Kier molecular flexibility index (Phi) is 5.92. The van der Waals surface area contributed by atoms with Crippen molar-refractivity contribution in [3.8, 4) is 11.4 Å². The minimum absolute atomic E-state index is 0.0952. The van der Waals surface area contributed by atoms with E-state index in [1.54, 1.807) is 0 Å². The van der Waals surface area contributed by atoms with E-state index in [0.717, 1.165) is 41.4 Å². The van der Waals surface area contributed by atoms with Gasteiger partial charge in [-0.2, -0.15) is 0 Å². The van der Waals surface area contributed by atoms with Gasteiger partial charge in [0.15, 0.2) is 5.11 Å². The Morgan fingerprint density at radius 1 is 0.857 bits per heavy atom. The summed E-state index contributed by atoms with van der Waals surface area (Å²) < 4.78 is 8.40. The zero-order valence-electron chi connectivity index (χ0n) is 19.3. The third-order valence-corrected chi connectivity index (χ3v) is 7.16. The third-order valence-electron chi connectivity index (χ3n) is 6.84. The molecule has 0 bridgehead atoms. The van der Waals surface area contributed by atoms with Crippen LogP contribution in [0.1, 0.15) is 49.2 Å². The minimum Gasteiger partial charge on any atom is -0.490 e. The SMILES string of the molecule is S=C1N[C@@H](c2ccccn2)[C@@H](c2cccn2-c2ccncc2)N1c1ccc(OC2CCCC2)cc1. The molecule has 3 aromatic heterocycles. The zero-order chi connectivity index (χ0) is 23.6. The third kappa shape index (κ3) is 4.28. The Morgan fingerprint density at radius 2 is 1.66 bits per heavy atom. The molecule has 1 saturated carbocycles. The monoisotopic (exact) mass is 481 g/mol. The van der Waals surface area contributed by atoms with Crippen LogP contribution in [0, 0.1) is 0 Å². The number of nitrogens with one attached hydrogen (secondary N) is 1. The molecule has 0 spiro atoms. The lowest BCUT2D eigenvalue weighted by Gasteiger charge is -2.29. The van der Waals surface area contributed by atoms with Gasteiger partial charge in [-0.1, -0.05) is 6.07 Å². The average Bonchev–Trinajstić information content (AvgIpc) is 3.66. The normalized spacial score (nSPS) is 20.2. The summed E-state index contributed by atoms with van der Waals surface area (Å²) >= 11 is 5.90. The van der Waals surface area contributed by atoms with Gasteiger partial charge in [-0.3, -0.25) is 9.97 Å². The molecule has 6 nitrogen and oxygen atoms in total. The maximum absolute atomic E-state index is 6.20. The molecule has 0 amide bonds. The lowest BCUT2D eigenvalue weighted by Crippen LogP contribution is -2.30. The van der Waals surface area contributed by atoms with E-state index in [9.17, 15) is 0 Å². The number of aromatic nitrogens is 3. The average molecular weight is 482 g/mol. The number of thiocarbonyl (C=S) groups is 1. The van der Waals surface area contributed by atoms with Crippen molar-refractivity contribution in [3.05, 3.63) is 103 Å². The molecular formula is C28H27N5OS. The van der Waals surface area contributed by atoms with E-state index >= 15 is 0 Å². The number of ether oxygens (including phenoxy) is 1. The summed E-state index contributed by atoms with van der Waals surface area (Å²) in [4.78, 5) is 11.1. The largest absolute Gasteiger partial charge is 0.490 e. The number of anilines is 1. The quantitative estimate of drug-likeness (QED) is 0.353. The Hall–Kier alpha value is -3.71. The van der Waals surface area contributed by atoms with Gasteiger partial charge < -0.3 is 19.5 Å². The van der Waals surface area contributed by atoms with E-state index in [0.29, 0.717) is 11.2 Å². The number of nitrogens with zero attached hydrogens (tertiary/aromatic N) is 4. The first-order valence-electron chi connectivity index (χ1n) is 12.1. The summed E-state index contributed by atoms with van der Waals surface area (Å²) in [5.74, 6) is 0.914. The van der Waals surface area contributed by atoms with Crippen LogP contribution < -0.4 is 15.0 Å². The molecule has 6 rings (SSSR count). The standard InChI is InChI=1S/C28H27N5OS/c35-28-31-26(24-8-3-4-16-30-24)27(25-9-5-19-32(25)20-14-17-29-18-15-20)33(28)21-10-12-23(13-11-21)34-22-6-1-2-7-22/h3-5,8-19,22,26-27H,1-2,6-7H2,(H,31,35)/t26-,27+/m0/s1. The van der Waals surface area contributed by atoms with E-state index in [4.69, 9.17) is 17.0 Å². The van der Waals surface area contributed by atoms with Crippen molar-refractivity contribution in [1.29, 1.82) is 0 Å². The molecule has 0 unspecified atom stereocenters. The van der Waals surface area contributed by atoms with E-state index < -0.39 is 0 Å². The molecule has 4 aromatic rings. The highest BCUT2D eigenvalue weighted by Crippen LogP contribution is 2.42. The van der Waals surface area contributed by atoms with Crippen LogP contribution in [0.3, 0.4) is 0 Å². The highest BCUT2D eigenvalue weighted by molar-refractivity contribution is 7.80. The molecule has 2 aliphatic rings. The molecular weight excluding hydrogens is 454 g/mol. The van der Waals surface area contributed by atoms with Crippen molar-refractivity contribution in [2.75, 3.05) is 4.90 Å². The smallest absolute Gasteiger partial charge is 0.174 e. The van der Waals surface area contributed by atoms with Gasteiger partial charge in [-0.25, -0.2) is 0 Å². The molecule has 176 valence electrons. The van der Waals surface area contributed by atoms with Crippen molar-refractivity contribution >= 4 is 23.0 Å². The van der Waals surface area contributed by atoms with Gasteiger partial charge >= 0.3 is 0 Å². The van der Waals surface area contributed by atoms with Gasteiger partial charge in [0, 0.05) is 41.9 Å². The first kappa shape index (κ1) is 21.8. The number of hydrogen-bond donors (Lipinski definition) is 1. The van der Waals surface area contributed by atoms with Gasteiger partial charge in [-0.05, 0) is 98.6 Å². The molecule has 2 atom stereocenters. The van der Waals surface area contributed by atoms with E-state index in [1.807, 2.05) is 42.9 Å². The fraction of sp³-hybridized carbons (Fsp3) is 0.250. The molecule has 1 aliphatic carbocycles. The van der Waals surface area contributed by atoms with Crippen LogP contribution in [0.25, 0.3) is 5.69 Å². The maximum atomic E-state index is 6.20. The fourth-order valence-electron chi connectivity index (χ4n) is 5.19. The summed E-state index contributed by atoms with van der Waals surface area (Å²) in [6.45, 7) is 0. The van der Waals surface area contributed by atoms with Crippen LogP contribution in [0.4, 0.5) is 5.69 Å². The van der Waals surface area contributed by atoms with E-state index in [1.165, 1.54) is 12.8 Å². The molecule has 1 aliphatic heterocycles. The summed E-state index contributed by atoms with van der Waals surface area (Å²) in [5.41, 5.74) is 4.14. The number of pyridine rings is 2. The van der Waals surface area contributed by atoms with Crippen LogP contribution in [-0.4, -0.2) is 25.8 Å². The molecule has 0 radical (unpaired) electrons. The Labute approximate surface area is 210 Å². The van der Waals surface area contributed by atoms with Crippen molar-refractivity contribution in [3.63, 3.8) is 0 Å². The molecule has 1 saturated heterocycles. The van der Waals surface area contributed by atoms with Gasteiger partial charge in [-0.15, -0.1) is 0 Å². The molecule has 1 N–H and O–H groups in total. The van der Waals surface area contributed by atoms with Crippen LogP contribution in [0.15, 0.2) is 91.5 Å². The maximum Gasteiger partial charge on any atom is 0.174 e. The first-order valence-corrected chi connectivity index (χ1v) is 12.5. The summed E-state index contributed by atoms with van der Waals surface area (Å²) in [6, 6.07) is 22.4. The topological polar surface area (TPSA) is 55.2 Å². The Balaban J connectivity index is 1.39. The van der Waals surface area contributed by atoms with Crippen LogP contribution in [0.2, 0.25) is 0 Å². The number of hydrogen-bond acceptors (Lipinski definition) is 4. The minimum atomic E-state index is -0.103. The number of benzene rings is 1. The predicted molar refractivity (Wildman–Crippen MR) is 141 cm³/mol. The van der Waals surface area contributed by atoms with Gasteiger partial charge in [0.05, 0.1) is 17.8 Å². The van der Waals surface area contributed by atoms with E-state index in [2.05, 4.69) is 73.4 Å². The second kappa shape index (κ2) is 9.50. The lowest BCUT2D eigenvalue weighted by atomic mass is 10.0. The molecule has 7 heteroatoms. The highest BCUT2D eigenvalue weighted by atomic mass is 32.1. The van der Waals surface area contributed by atoms with E-state index in [-0.39, 0.29) is 12.1 Å². The van der Waals surface area contributed by atoms with Gasteiger partial charge in [0.2, 0.25) is 0 Å². The van der Waals surface area contributed by atoms with Crippen molar-refractivity contribution < 1.29 is 4.74 Å². The summed E-state index contributed by atoms with van der Waals surface area (Å²) in [7, 11) is 0. The molecule has 1 aromatic carbocycles. The second-order valence-electron chi connectivity index (χ2n) is 9.02. The highest BCUT2D eigenvalue weighted by Gasteiger charge is 2.42.